The van der Waals surface area contributed by atoms with Gasteiger partial charge in [-0.05, 0) is 37.2 Å². The zero-order valence-corrected chi connectivity index (χ0v) is 16.6. The fraction of sp³-hybridized carbons (Fsp3) is 0.565. The van der Waals surface area contributed by atoms with Gasteiger partial charge in [-0.2, -0.15) is 0 Å². The van der Waals surface area contributed by atoms with Gasteiger partial charge in [0.15, 0.2) is 5.69 Å². The van der Waals surface area contributed by atoms with Gasteiger partial charge in [-0.15, -0.1) is 0 Å². The molecule has 0 spiro atoms. The fourth-order valence-electron chi connectivity index (χ4n) is 4.28. The Morgan fingerprint density at radius 1 is 1.16 bits per heavy atom. The molecule has 134 valence electrons. The van der Waals surface area contributed by atoms with E-state index in [0.717, 1.165) is 6.54 Å². The molecule has 2 heteroatoms. The maximum absolute atomic E-state index is 4.82. The van der Waals surface area contributed by atoms with Crippen LogP contribution < -0.4 is 4.57 Å². The van der Waals surface area contributed by atoms with Gasteiger partial charge in [0.25, 0.3) is 6.33 Å². The van der Waals surface area contributed by atoms with Gasteiger partial charge in [-0.1, -0.05) is 69.8 Å². The summed E-state index contributed by atoms with van der Waals surface area (Å²) < 4.78 is 2.30. The molecule has 1 aromatic carbocycles. The van der Waals surface area contributed by atoms with Crippen LogP contribution in [0.4, 0.5) is 0 Å². The lowest BCUT2D eigenvalue weighted by Gasteiger charge is -2.35. The van der Waals surface area contributed by atoms with E-state index in [2.05, 4.69) is 75.8 Å². The summed E-state index contributed by atoms with van der Waals surface area (Å²) in [6.45, 7) is 12.5. The molecule has 0 amide bonds. The Morgan fingerprint density at radius 3 is 2.48 bits per heavy atom. The molecule has 25 heavy (non-hydrogen) atoms. The molecule has 0 aliphatic heterocycles. The van der Waals surface area contributed by atoms with Crippen LogP contribution in [0.1, 0.15) is 78.0 Å². The molecule has 1 aliphatic carbocycles. The molecule has 0 N–H and O–H groups in total. The number of benzene rings is 1. The molecule has 1 fully saturated rings. The van der Waals surface area contributed by atoms with Crippen molar-refractivity contribution in [2.24, 2.45) is 0 Å². The van der Waals surface area contributed by atoms with Gasteiger partial charge >= 0.3 is 0 Å². The quantitative estimate of drug-likeness (QED) is 0.629. The van der Waals surface area contributed by atoms with E-state index in [-0.39, 0.29) is 10.8 Å². The number of aromatic nitrogens is 2. The topological polar surface area (TPSA) is 16.8 Å². The number of rotatable bonds is 6. The number of nitrogens with zero attached hydrogens (tertiary/aromatic N) is 2. The maximum atomic E-state index is 4.82. The summed E-state index contributed by atoms with van der Waals surface area (Å²) in [4.78, 5) is 4.82. The van der Waals surface area contributed by atoms with Crippen LogP contribution in [0.5, 0.6) is 0 Å². The van der Waals surface area contributed by atoms with Gasteiger partial charge in [-0.3, -0.25) is 0 Å². The summed E-state index contributed by atoms with van der Waals surface area (Å²) in [6, 6.07) is 11.3. The monoisotopic (exact) mass is 337 g/mol. The molecular formula is C23H33N2+. The summed E-state index contributed by atoms with van der Waals surface area (Å²) in [5.74, 6) is 0. The van der Waals surface area contributed by atoms with Crippen molar-refractivity contribution in [3.05, 3.63) is 47.9 Å². The van der Waals surface area contributed by atoms with Gasteiger partial charge in [0.2, 0.25) is 0 Å². The first-order valence-electron chi connectivity index (χ1n) is 9.91. The van der Waals surface area contributed by atoms with Crippen LogP contribution in [0.2, 0.25) is 0 Å². The molecule has 2 aromatic rings. The molecule has 0 atom stereocenters. The first-order chi connectivity index (χ1) is 11.9. The first kappa shape index (κ1) is 18.1. The Labute approximate surface area is 153 Å². The highest BCUT2D eigenvalue weighted by atomic mass is 15.0. The molecule has 1 aromatic heterocycles. The van der Waals surface area contributed by atoms with E-state index in [1.54, 1.807) is 0 Å². The highest BCUT2D eigenvalue weighted by Crippen LogP contribution is 2.43. The fourth-order valence-corrected chi connectivity index (χ4v) is 4.28. The predicted octanol–water partition coefficient (Wildman–Crippen LogP) is 5.58. The Balaban J connectivity index is 2.14. The maximum Gasteiger partial charge on any atom is 0.286 e. The molecule has 0 bridgehead atoms. The van der Waals surface area contributed by atoms with Crippen LogP contribution in [-0.4, -0.2) is 4.98 Å². The first-order valence-corrected chi connectivity index (χ1v) is 9.91. The lowest BCUT2D eigenvalue weighted by molar-refractivity contribution is -0.685. The Bertz CT molecular complexity index is 742. The van der Waals surface area contributed by atoms with Crippen molar-refractivity contribution in [3.63, 3.8) is 0 Å². The number of aryl methyl sites for hydroxylation is 1. The zero-order chi connectivity index (χ0) is 18.1. The SMILES string of the molecule is CCCC(C)(C)c1ccccc1-c1cc(C2(C)CCC2)nc[n+]1CC. The van der Waals surface area contributed by atoms with Crippen molar-refractivity contribution >= 4 is 0 Å². The Morgan fingerprint density at radius 2 is 1.88 bits per heavy atom. The number of hydrogen-bond donors (Lipinski definition) is 0. The summed E-state index contributed by atoms with van der Waals surface area (Å²) in [6.07, 6.45) is 8.31. The van der Waals surface area contributed by atoms with E-state index in [0.29, 0.717) is 0 Å². The third-order valence-corrected chi connectivity index (χ3v) is 6.14. The highest BCUT2D eigenvalue weighted by Gasteiger charge is 2.39. The lowest BCUT2D eigenvalue weighted by Crippen LogP contribution is -2.39. The highest BCUT2D eigenvalue weighted by molar-refractivity contribution is 5.63. The minimum atomic E-state index is 0.181. The summed E-state index contributed by atoms with van der Waals surface area (Å²) in [5.41, 5.74) is 5.86. The van der Waals surface area contributed by atoms with Crippen LogP contribution in [0.15, 0.2) is 36.7 Å². The standard InChI is InChI=1S/C23H33N2/c1-6-13-22(3,4)19-12-9-8-11-18(19)20-16-21(23(5)14-10-15-23)24-17-25(20)7-2/h8-9,11-12,16-17H,6-7,10,13-15H2,1-5H3/q+1. The second-order valence-corrected chi connectivity index (χ2v) is 8.54. The van der Waals surface area contributed by atoms with Crippen molar-refractivity contribution in [1.82, 2.24) is 4.98 Å². The molecule has 1 saturated carbocycles. The minimum Gasteiger partial charge on any atom is -0.230 e. The largest absolute Gasteiger partial charge is 0.286 e. The summed E-state index contributed by atoms with van der Waals surface area (Å²) in [5, 5.41) is 0. The molecule has 2 nitrogen and oxygen atoms in total. The minimum absolute atomic E-state index is 0.181. The molecule has 0 saturated heterocycles. The van der Waals surface area contributed by atoms with E-state index in [1.807, 2.05) is 0 Å². The van der Waals surface area contributed by atoms with Gasteiger partial charge in [0.1, 0.15) is 5.69 Å². The van der Waals surface area contributed by atoms with Gasteiger partial charge in [-0.25, -0.2) is 4.57 Å². The van der Waals surface area contributed by atoms with Crippen molar-refractivity contribution < 1.29 is 4.57 Å². The third-order valence-electron chi connectivity index (χ3n) is 6.14. The smallest absolute Gasteiger partial charge is 0.230 e. The molecule has 1 aliphatic rings. The van der Waals surface area contributed by atoms with Crippen LogP contribution in [0.3, 0.4) is 0 Å². The van der Waals surface area contributed by atoms with Crippen molar-refractivity contribution in [2.45, 2.75) is 84.1 Å². The average molecular weight is 338 g/mol. The average Bonchev–Trinajstić information content (AvgIpc) is 2.59. The van der Waals surface area contributed by atoms with Crippen molar-refractivity contribution in [1.29, 1.82) is 0 Å². The van der Waals surface area contributed by atoms with Crippen molar-refractivity contribution in [3.8, 4) is 11.3 Å². The number of hydrogen-bond acceptors (Lipinski definition) is 1. The van der Waals surface area contributed by atoms with Crippen LogP contribution in [0.25, 0.3) is 11.3 Å². The van der Waals surface area contributed by atoms with E-state index < -0.39 is 0 Å². The summed E-state index contributed by atoms with van der Waals surface area (Å²) >= 11 is 0. The zero-order valence-electron chi connectivity index (χ0n) is 16.6. The second kappa shape index (κ2) is 6.90. The predicted molar refractivity (Wildman–Crippen MR) is 105 cm³/mol. The van der Waals surface area contributed by atoms with E-state index in [4.69, 9.17) is 4.98 Å². The Hall–Kier alpha value is -1.70. The molecule has 0 radical (unpaired) electrons. The van der Waals surface area contributed by atoms with Crippen LogP contribution >= 0.6 is 0 Å². The molecule has 1 heterocycles. The van der Waals surface area contributed by atoms with E-state index >= 15 is 0 Å². The Kier molecular flexibility index (Phi) is 4.99. The van der Waals surface area contributed by atoms with Crippen LogP contribution in [-0.2, 0) is 17.4 Å². The molecule has 0 unspecified atom stereocenters. The normalized spacial score (nSPS) is 16.5. The van der Waals surface area contributed by atoms with Gasteiger partial charge in [0.05, 0.1) is 6.54 Å². The van der Waals surface area contributed by atoms with Crippen LogP contribution in [0, 0.1) is 0 Å². The van der Waals surface area contributed by atoms with Gasteiger partial charge < -0.3 is 0 Å². The molecular weight excluding hydrogens is 304 g/mol. The third kappa shape index (κ3) is 3.36. The van der Waals surface area contributed by atoms with E-state index in [1.165, 1.54) is 54.6 Å². The lowest BCUT2D eigenvalue weighted by atomic mass is 9.68. The van der Waals surface area contributed by atoms with Gasteiger partial charge in [0, 0.05) is 17.0 Å². The molecule has 3 rings (SSSR count). The second-order valence-electron chi connectivity index (χ2n) is 8.54. The van der Waals surface area contributed by atoms with E-state index in [9.17, 15) is 0 Å². The van der Waals surface area contributed by atoms with Crippen molar-refractivity contribution in [2.75, 3.05) is 0 Å². The summed E-state index contributed by atoms with van der Waals surface area (Å²) in [7, 11) is 0.